The number of carbonyl (C=O) groups is 1. The van der Waals surface area contributed by atoms with Gasteiger partial charge in [-0.15, -0.1) is 0 Å². The van der Waals surface area contributed by atoms with Gasteiger partial charge in [-0.3, -0.25) is 9.36 Å². The zero-order chi connectivity index (χ0) is 20.5. The molecule has 4 aromatic rings. The van der Waals surface area contributed by atoms with Gasteiger partial charge in [0.1, 0.15) is 0 Å². The highest BCUT2D eigenvalue weighted by Gasteiger charge is 2.22. The summed E-state index contributed by atoms with van der Waals surface area (Å²) < 4.78 is 5.24. The summed E-state index contributed by atoms with van der Waals surface area (Å²) in [4.78, 5) is 12.7. The maximum atomic E-state index is 12.7. The molecule has 2 heterocycles. The quantitative estimate of drug-likeness (QED) is 0.282. The second-order valence-corrected chi connectivity index (χ2v) is 8.71. The lowest BCUT2D eigenvalue weighted by atomic mass is 10.0. The number of nitrogens with zero attached hydrogens (tertiary/aromatic N) is 2. The fraction of sp³-hybridized carbons (Fsp3) is 0.320. The van der Waals surface area contributed by atoms with Gasteiger partial charge in [0.25, 0.3) is 0 Å². The molecule has 0 amide bonds. The van der Waals surface area contributed by atoms with Crippen molar-refractivity contribution in [3.05, 3.63) is 58.7 Å². The van der Waals surface area contributed by atoms with E-state index in [1.54, 1.807) is 6.92 Å². The standard InChI is InChI=1S/C25H27BrN2O/c1-4-5-6-7-12-23-25(20-16-19(26)13-14-22(20)27(23)3)24-15-18-10-8-9-11-21(18)28(24)17(2)29/h8-11,13-16H,4-7,12H2,1-3H3. The van der Waals surface area contributed by atoms with Crippen molar-refractivity contribution in [2.75, 3.05) is 0 Å². The zero-order valence-electron chi connectivity index (χ0n) is 17.3. The van der Waals surface area contributed by atoms with Gasteiger partial charge in [0.05, 0.1) is 11.2 Å². The summed E-state index contributed by atoms with van der Waals surface area (Å²) in [6.07, 6.45) is 5.90. The molecule has 0 aliphatic rings. The Bertz CT molecular complexity index is 1200. The Morgan fingerprint density at radius 3 is 2.55 bits per heavy atom. The van der Waals surface area contributed by atoms with Crippen molar-refractivity contribution < 1.29 is 4.79 Å². The molecule has 0 saturated heterocycles. The molecule has 0 fully saturated rings. The lowest BCUT2D eigenvalue weighted by Gasteiger charge is -2.11. The highest BCUT2D eigenvalue weighted by Crippen LogP contribution is 2.39. The van der Waals surface area contributed by atoms with Gasteiger partial charge in [0, 0.05) is 46.0 Å². The fourth-order valence-electron chi connectivity index (χ4n) is 4.45. The van der Waals surface area contributed by atoms with Crippen molar-refractivity contribution >= 4 is 43.6 Å². The van der Waals surface area contributed by atoms with E-state index in [4.69, 9.17) is 0 Å². The average molecular weight is 451 g/mol. The van der Waals surface area contributed by atoms with Crippen LogP contribution in [0.5, 0.6) is 0 Å². The van der Waals surface area contributed by atoms with Crippen LogP contribution in [0.25, 0.3) is 33.1 Å². The molecule has 29 heavy (non-hydrogen) atoms. The monoisotopic (exact) mass is 450 g/mol. The summed E-state index contributed by atoms with van der Waals surface area (Å²) in [6, 6.07) is 16.7. The Labute approximate surface area is 180 Å². The van der Waals surface area contributed by atoms with Crippen molar-refractivity contribution in [3.8, 4) is 11.3 Å². The fourth-order valence-corrected chi connectivity index (χ4v) is 4.81. The first-order valence-electron chi connectivity index (χ1n) is 10.4. The van der Waals surface area contributed by atoms with Gasteiger partial charge < -0.3 is 4.57 Å². The third-order valence-corrected chi connectivity index (χ3v) is 6.32. The van der Waals surface area contributed by atoms with E-state index in [2.05, 4.69) is 64.8 Å². The topological polar surface area (TPSA) is 26.9 Å². The van der Waals surface area contributed by atoms with Crippen molar-refractivity contribution in [2.45, 2.75) is 46.0 Å². The minimum absolute atomic E-state index is 0.0464. The van der Waals surface area contributed by atoms with Gasteiger partial charge in [-0.25, -0.2) is 0 Å². The molecule has 3 nitrogen and oxygen atoms in total. The van der Waals surface area contributed by atoms with Gasteiger partial charge in [-0.05, 0) is 43.2 Å². The van der Waals surface area contributed by atoms with E-state index in [1.165, 1.54) is 41.4 Å². The number of halogens is 1. The number of para-hydroxylation sites is 1. The Morgan fingerprint density at radius 1 is 1.00 bits per heavy atom. The third kappa shape index (κ3) is 3.55. The minimum Gasteiger partial charge on any atom is -0.347 e. The normalized spacial score (nSPS) is 11.6. The number of hydrogen-bond acceptors (Lipinski definition) is 1. The van der Waals surface area contributed by atoms with Crippen LogP contribution in [0.4, 0.5) is 0 Å². The van der Waals surface area contributed by atoms with Crippen LogP contribution in [0.3, 0.4) is 0 Å². The second kappa shape index (κ2) is 8.19. The molecule has 150 valence electrons. The largest absolute Gasteiger partial charge is 0.347 e. The molecule has 0 spiro atoms. The number of hydrogen-bond donors (Lipinski definition) is 0. The lowest BCUT2D eigenvalue weighted by molar-refractivity contribution is 0.0943. The maximum Gasteiger partial charge on any atom is 0.228 e. The molecule has 4 heteroatoms. The van der Waals surface area contributed by atoms with Crippen LogP contribution < -0.4 is 0 Å². The molecule has 2 aromatic carbocycles. The summed E-state index contributed by atoms with van der Waals surface area (Å²) >= 11 is 3.65. The van der Waals surface area contributed by atoms with Crippen molar-refractivity contribution in [3.63, 3.8) is 0 Å². The number of fused-ring (bicyclic) bond motifs is 2. The van der Waals surface area contributed by atoms with E-state index in [-0.39, 0.29) is 5.91 Å². The molecule has 0 unspecified atom stereocenters. The molecule has 0 saturated carbocycles. The summed E-state index contributed by atoms with van der Waals surface area (Å²) in [5.74, 6) is 0.0464. The summed E-state index contributed by atoms with van der Waals surface area (Å²) in [5, 5.41) is 2.29. The molecule has 0 aliphatic carbocycles. The number of aromatic nitrogens is 2. The van der Waals surface area contributed by atoms with E-state index in [0.29, 0.717) is 0 Å². The third-order valence-electron chi connectivity index (χ3n) is 5.83. The van der Waals surface area contributed by atoms with Crippen LogP contribution >= 0.6 is 15.9 Å². The molecule has 0 atom stereocenters. The van der Waals surface area contributed by atoms with Crippen molar-refractivity contribution in [2.24, 2.45) is 7.05 Å². The predicted octanol–water partition coefficient (Wildman–Crippen LogP) is 7.35. The molecule has 4 rings (SSSR count). The number of unbranched alkanes of at least 4 members (excludes halogenated alkanes) is 3. The summed E-state index contributed by atoms with van der Waals surface area (Å²) in [7, 11) is 2.15. The van der Waals surface area contributed by atoms with Gasteiger partial charge in [-0.1, -0.05) is 60.3 Å². The Hall–Kier alpha value is -2.33. The summed E-state index contributed by atoms with van der Waals surface area (Å²) in [5.41, 5.74) is 5.66. The highest BCUT2D eigenvalue weighted by atomic mass is 79.9. The Balaban J connectivity index is 1.99. The second-order valence-electron chi connectivity index (χ2n) is 7.80. The lowest BCUT2D eigenvalue weighted by Crippen LogP contribution is -2.08. The number of aryl methyl sites for hydroxylation is 1. The number of carbonyl (C=O) groups excluding carboxylic acids is 1. The van der Waals surface area contributed by atoms with Crippen LogP contribution in [0, 0.1) is 0 Å². The SMILES string of the molecule is CCCCCCc1c(-c2cc3ccccc3n2C(C)=O)c2cc(Br)ccc2n1C. The van der Waals surface area contributed by atoms with Gasteiger partial charge in [0.15, 0.2) is 0 Å². The van der Waals surface area contributed by atoms with E-state index in [1.807, 2.05) is 22.8 Å². The smallest absolute Gasteiger partial charge is 0.228 e. The van der Waals surface area contributed by atoms with Crippen LogP contribution in [0.2, 0.25) is 0 Å². The van der Waals surface area contributed by atoms with E-state index in [9.17, 15) is 4.79 Å². The van der Waals surface area contributed by atoms with Gasteiger partial charge in [-0.2, -0.15) is 0 Å². The molecule has 0 aliphatic heterocycles. The molecule has 2 aromatic heterocycles. The molecular weight excluding hydrogens is 424 g/mol. The van der Waals surface area contributed by atoms with Crippen molar-refractivity contribution in [1.82, 2.24) is 9.13 Å². The van der Waals surface area contributed by atoms with E-state index in [0.717, 1.165) is 33.9 Å². The average Bonchev–Trinajstić information content (AvgIpc) is 3.20. The van der Waals surface area contributed by atoms with Crippen LogP contribution in [0.15, 0.2) is 53.0 Å². The molecule has 0 radical (unpaired) electrons. The van der Waals surface area contributed by atoms with Gasteiger partial charge in [0.2, 0.25) is 5.91 Å². The number of rotatable bonds is 6. The Kier molecular flexibility index (Phi) is 5.64. The maximum absolute atomic E-state index is 12.7. The van der Waals surface area contributed by atoms with Crippen molar-refractivity contribution in [1.29, 1.82) is 0 Å². The molecule has 0 bridgehead atoms. The summed E-state index contributed by atoms with van der Waals surface area (Å²) in [6.45, 7) is 3.89. The van der Waals surface area contributed by atoms with Crippen LogP contribution in [-0.4, -0.2) is 15.0 Å². The molecule has 0 N–H and O–H groups in total. The van der Waals surface area contributed by atoms with Crippen LogP contribution in [-0.2, 0) is 13.5 Å². The van der Waals surface area contributed by atoms with E-state index >= 15 is 0 Å². The molecular formula is C25H27BrN2O. The first kappa shape index (κ1) is 20.0. The van der Waals surface area contributed by atoms with Gasteiger partial charge >= 0.3 is 0 Å². The minimum atomic E-state index is 0.0464. The first-order valence-corrected chi connectivity index (χ1v) is 11.2. The first-order chi connectivity index (χ1) is 14.0. The van der Waals surface area contributed by atoms with E-state index < -0.39 is 0 Å². The predicted molar refractivity (Wildman–Crippen MR) is 126 cm³/mol. The number of benzene rings is 2. The van der Waals surface area contributed by atoms with Crippen LogP contribution in [0.1, 0.15) is 50.0 Å². The zero-order valence-corrected chi connectivity index (χ0v) is 18.9. The Morgan fingerprint density at radius 2 is 1.79 bits per heavy atom. The highest BCUT2D eigenvalue weighted by molar-refractivity contribution is 9.10.